The number of aliphatic hydroxyl groups is 2. The second-order valence-electron chi connectivity index (χ2n) is 6.54. The number of phenols is 1. The molecule has 1 unspecified atom stereocenters. The van der Waals surface area contributed by atoms with Gasteiger partial charge in [-0.25, -0.2) is 0 Å². The number of phenolic OH excluding ortho intramolecular Hbond substituents is 1. The standard InChI is InChI=1S/C17H29NO3/c1-17(2,3)15-7-4-6-13(16(15)21)12-14(20)8-10-18-9-5-11-19/h4,6-7,14,18-21H,5,8-12H2,1-3H3. The van der Waals surface area contributed by atoms with Crippen molar-refractivity contribution in [2.45, 2.75) is 51.6 Å². The van der Waals surface area contributed by atoms with E-state index in [1.54, 1.807) is 0 Å². The van der Waals surface area contributed by atoms with Gasteiger partial charge in [0.25, 0.3) is 0 Å². The number of benzene rings is 1. The van der Waals surface area contributed by atoms with E-state index in [0.29, 0.717) is 25.1 Å². The summed E-state index contributed by atoms with van der Waals surface area (Å²) in [5.41, 5.74) is 1.59. The predicted molar refractivity (Wildman–Crippen MR) is 85.7 cm³/mol. The molecule has 0 heterocycles. The summed E-state index contributed by atoms with van der Waals surface area (Å²) >= 11 is 0. The molecule has 0 radical (unpaired) electrons. The topological polar surface area (TPSA) is 72.7 Å². The van der Waals surface area contributed by atoms with Gasteiger partial charge in [0, 0.05) is 13.0 Å². The van der Waals surface area contributed by atoms with Crippen LogP contribution in [0.1, 0.15) is 44.7 Å². The van der Waals surface area contributed by atoms with E-state index in [1.807, 2.05) is 18.2 Å². The first-order valence-corrected chi connectivity index (χ1v) is 7.67. The van der Waals surface area contributed by atoms with Gasteiger partial charge in [-0.3, -0.25) is 0 Å². The fraction of sp³-hybridized carbons (Fsp3) is 0.647. The average molecular weight is 295 g/mol. The third-order valence-electron chi connectivity index (χ3n) is 3.55. The van der Waals surface area contributed by atoms with Crippen molar-refractivity contribution in [2.75, 3.05) is 19.7 Å². The summed E-state index contributed by atoms with van der Waals surface area (Å²) in [4.78, 5) is 0. The fourth-order valence-corrected chi connectivity index (χ4v) is 2.31. The third kappa shape index (κ3) is 6.04. The van der Waals surface area contributed by atoms with Crippen molar-refractivity contribution < 1.29 is 15.3 Å². The molecule has 1 aromatic rings. The second-order valence-corrected chi connectivity index (χ2v) is 6.54. The van der Waals surface area contributed by atoms with Crippen molar-refractivity contribution in [3.63, 3.8) is 0 Å². The van der Waals surface area contributed by atoms with E-state index >= 15 is 0 Å². The molecule has 0 spiro atoms. The van der Waals surface area contributed by atoms with Crippen molar-refractivity contribution in [1.82, 2.24) is 5.32 Å². The molecule has 120 valence electrons. The Labute approximate surface area is 127 Å². The van der Waals surface area contributed by atoms with Crippen LogP contribution in [0.3, 0.4) is 0 Å². The van der Waals surface area contributed by atoms with E-state index in [-0.39, 0.29) is 12.0 Å². The predicted octanol–water partition coefficient (Wildman–Crippen LogP) is 1.96. The lowest BCUT2D eigenvalue weighted by Gasteiger charge is -2.22. The van der Waals surface area contributed by atoms with Gasteiger partial charge in [0.1, 0.15) is 5.75 Å². The summed E-state index contributed by atoms with van der Waals surface area (Å²) in [6, 6.07) is 5.73. The Bertz CT molecular complexity index is 427. The summed E-state index contributed by atoms with van der Waals surface area (Å²) in [6.07, 6.45) is 1.33. The van der Waals surface area contributed by atoms with Gasteiger partial charge in [-0.15, -0.1) is 0 Å². The molecule has 0 saturated heterocycles. The van der Waals surface area contributed by atoms with Gasteiger partial charge in [0.2, 0.25) is 0 Å². The number of hydrogen-bond acceptors (Lipinski definition) is 4. The minimum atomic E-state index is -0.479. The molecule has 4 heteroatoms. The second kappa shape index (κ2) is 8.37. The van der Waals surface area contributed by atoms with Crippen molar-refractivity contribution in [3.05, 3.63) is 29.3 Å². The highest BCUT2D eigenvalue weighted by Crippen LogP contribution is 2.33. The summed E-state index contributed by atoms with van der Waals surface area (Å²) in [5.74, 6) is 0.303. The van der Waals surface area contributed by atoms with E-state index in [1.165, 1.54) is 0 Å². The van der Waals surface area contributed by atoms with Crippen molar-refractivity contribution in [1.29, 1.82) is 0 Å². The first kappa shape index (κ1) is 18.0. The number of rotatable bonds is 8. The molecule has 1 atom stereocenters. The SMILES string of the molecule is CC(C)(C)c1cccc(CC(O)CCNCCCO)c1O. The zero-order valence-electron chi connectivity index (χ0n) is 13.4. The fourth-order valence-electron chi connectivity index (χ4n) is 2.31. The van der Waals surface area contributed by atoms with Crippen LogP contribution in [0.2, 0.25) is 0 Å². The van der Waals surface area contributed by atoms with E-state index < -0.39 is 6.10 Å². The highest BCUT2D eigenvalue weighted by molar-refractivity contribution is 5.44. The largest absolute Gasteiger partial charge is 0.507 e. The number of nitrogens with one attached hydrogen (secondary N) is 1. The lowest BCUT2D eigenvalue weighted by atomic mass is 9.84. The molecule has 0 fully saturated rings. The van der Waals surface area contributed by atoms with E-state index in [0.717, 1.165) is 24.1 Å². The van der Waals surface area contributed by atoms with Crippen molar-refractivity contribution in [3.8, 4) is 5.75 Å². The molecular weight excluding hydrogens is 266 g/mol. The number of para-hydroxylation sites is 1. The lowest BCUT2D eigenvalue weighted by molar-refractivity contribution is 0.163. The Morgan fingerprint density at radius 1 is 1.19 bits per heavy atom. The Morgan fingerprint density at radius 3 is 2.52 bits per heavy atom. The Hall–Kier alpha value is -1.10. The van der Waals surface area contributed by atoms with Crippen molar-refractivity contribution >= 4 is 0 Å². The summed E-state index contributed by atoms with van der Waals surface area (Å²) < 4.78 is 0. The quantitative estimate of drug-likeness (QED) is 0.553. The zero-order valence-corrected chi connectivity index (χ0v) is 13.4. The minimum absolute atomic E-state index is 0.114. The zero-order chi connectivity index (χ0) is 15.9. The number of aromatic hydroxyl groups is 1. The molecule has 1 rings (SSSR count). The van der Waals surface area contributed by atoms with Gasteiger partial charge in [0.15, 0.2) is 0 Å². The smallest absolute Gasteiger partial charge is 0.122 e. The summed E-state index contributed by atoms with van der Waals surface area (Å²) in [6.45, 7) is 7.84. The molecule has 0 aliphatic carbocycles. The molecule has 0 bridgehead atoms. The first-order chi connectivity index (χ1) is 9.86. The molecule has 1 aromatic carbocycles. The first-order valence-electron chi connectivity index (χ1n) is 7.67. The maximum atomic E-state index is 10.4. The van der Waals surface area contributed by atoms with Crippen LogP contribution in [0.25, 0.3) is 0 Å². The summed E-state index contributed by atoms with van der Waals surface area (Å²) in [7, 11) is 0. The van der Waals surface area contributed by atoms with Crippen LogP contribution in [0.15, 0.2) is 18.2 Å². The molecule has 0 aliphatic heterocycles. The minimum Gasteiger partial charge on any atom is -0.507 e. The van der Waals surface area contributed by atoms with E-state index in [4.69, 9.17) is 5.11 Å². The van der Waals surface area contributed by atoms with Crippen LogP contribution in [-0.2, 0) is 11.8 Å². The molecule has 0 aliphatic rings. The molecule has 0 amide bonds. The Morgan fingerprint density at radius 2 is 1.90 bits per heavy atom. The van der Waals surface area contributed by atoms with Crippen LogP contribution in [0, 0.1) is 0 Å². The molecule has 4 nitrogen and oxygen atoms in total. The maximum Gasteiger partial charge on any atom is 0.122 e. The molecule has 0 saturated carbocycles. The number of aliphatic hydroxyl groups excluding tert-OH is 2. The molecular formula is C17H29NO3. The Balaban J connectivity index is 2.55. The van der Waals surface area contributed by atoms with Gasteiger partial charge in [-0.1, -0.05) is 39.0 Å². The molecule has 0 aromatic heterocycles. The van der Waals surface area contributed by atoms with Gasteiger partial charge in [0.05, 0.1) is 6.10 Å². The lowest BCUT2D eigenvalue weighted by Crippen LogP contribution is -2.23. The van der Waals surface area contributed by atoms with Crippen molar-refractivity contribution in [2.24, 2.45) is 0 Å². The maximum absolute atomic E-state index is 10.4. The average Bonchev–Trinajstić information content (AvgIpc) is 2.39. The normalized spacial score (nSPS) is 13.4. The van der Waals surface area contributed by atoms with Gasteiger partial charge in [-0.2, -0.15) is 0 Å². The van der Waals surface area contributed by atoms with E-state index in [2.05, 4.69) is 26.1 Å². The monoisotopic (exact) mass is 295 g/mol. The highest BCUT2D eigenvalue weighted by Gasteiger charge is 2.20. The van der Waals surface area contributed by atoms with E-state index in [9.17, 15) is 10.2 Å². The third-order valence-corrected chi connectivity index (χ3v) is 3.55. The van der Waals surface area contributed by atoms with Crippen LogP contribution >= 0.6 is 0 Å². The van der Waals surface area contributed by atoms with Gasteiger partial charge >= 0.3 is 0 Å². The summed E-state index contributed by atoms with van der Waals surface area (Å²) in [5, 5.41) is 32.3. The van der Waals surface area contributed by atoms with Gasteiger partial charge < -0.3 is 20.6 Å². The van der Waals surface area contributed by atoms with Crippen LogP contribution in [0.5, 0.6) is 5.75 Å². The highest BCUT2D eigenvalue weighted by atomic mass is 16.3. The molecule has 21 heavy (non-hydrogen) atoms. The Kier molecular flexibility index (Phi) is 7.15. The molecule has 4 N–H and O–H groups in total. The van der Waals surface area contributed by atoms with Crippen LogP contribution in [-0.4, -0.2) is 41.1 Å². The van der Waals surface area contributed by atoms with Gasteiger partial charge in [-0.05, 0) is 42.5 Å². The van der Waals surface area contributed by atoms with Crippen LogP contribution < -0.4 is 5.32 Å². The number of hydrogen-bond donors (Lipinski definition) is 4. The van der Waals surface area contributed by atoms with Crippen LogP contribution in [0.4, 0.5) is 0 Å².